The predicted octanol–water partition coefficient (Wildman–Crippen LogP) is 3.05. The molecule has 0 unspecified atom stereocenters. The van der Waals surface area contributed by atoms with E-state index in [9.17, 15) is 4.79 Å². The molecule has 2 aromatic heterocycles. The number of aromatic nitrogens is 3. The second-order valence-electron chi connectivity index (χ2n) is 8.36. The third-order valence-corrected chi connectivity index (χ3v) is 5.97. The number of hydrogen-bond acceptors (Lipinski definition) is 7. The van der Waals surface area contributed by atoms with Gasteiger partial charge in [-0.25, -0.2) is 4.98 Å². The molecule has 1 saturated heterocycles. The van der Waals surface area contributed by atoms with Crippen molar-refractivity contribution in [2.45, 2.75) is 65.3 Å². The van der Waals surface area contributed by atoms with Crippen molar-refractivity contribution < 1.29 is 9.32 Å². The molecule has 0 bridgehead atoms. The molecule has 0 N–H and O–H groups in total. The molecule has 8 heteroatoms. The van der Waals surface area contributed by atoms with E-state index in [-0.39, 0.29) is 11.3 Å². The molecule has 1 aliphatic heterocycles. The number of carbonyl (C=O) groups is 1. The first-order valence-corrected chi connectivity index (χ1v) is 11.0. The summed E-state index contributed by atoms with van der Waals surface area (Å²) in [6.07, 6.45) is 2.91. The third kappa shape index (κ3) is 5.61. The molecule has 154 valence electrons. The van der Waals surface area contributed by atoms with Crippen molar-refractivity contribution in [1.82, 2.24) is 24.9 Å². The largest absolute Gasteiger partial charge is 0.340 e. The average Bonchev–Trinajstić information content (AvgIpc) is 3.31. The summed E-state index contributed by atoms with van der Waals surface area (Å²) >= 11 is 1.73. The van der Waals surface area contributed by atoms with Crippen LogP contribution in [0, 0.1) is 0 Å². The summed E-state index contributed by atoms with van der Waals surface area (Å²) in [5.74, 6) is 1.56. The zero-order valence-electron chi connectivity index (χ0n) is 17.4. The van der Waals surface area contributed by atoms with Gasteiger partial charge in [-0.1, -0.05) is 32.9 Å². The highest BCUT2D eigenvalue weighted by Gasteiger charge is 2.23. The standard InChI is InChI=1S/C20H31N5O2S/c1-5-17-21-15(14-28-17)13-24-9-11-25(12-10-24)18(26)8-6-7-16-22-19(23-27-16)20(2,3)4/h14H,5-13H2,1-4H3. The fourth-order valence-corrected chi connectivity index (χ4v) is 3.91. The molecular formula is C20H31N5O2S. The van der Waals surface area contributed by atoms with Crippen molar-refractivity contribution in [2.75, 3.05) is 26.2 Å². The summed E-state index contributed by atoms with van der Waals surface area (Å²) in [5, 5.41) is 7.38. The van der Waals surface area contributed by atoms with Crippen molar-refractivity contribution in [1.29, 1.82) is 0 Å². The number of thiazole rings is 1. The summed E-state index contributed by atoms with van der Waals surface area (Å²) in [6.45, 7) is 12.6. The molecule has 28 heavy (non-hydrogen) atoms. The molecule has 0 aromatic carbocycles. The number of carbonyl (C=O) groups excluding carboxylic acids is 1. The van der Waals surface area contributed by atoms with Gasteiger partial charge < -0.3 is 9.42 Å². The lowest BCUT2D eigenvalue weighted by Crippen LogP contribution is -2.48. The SMILES string of the molecule is CCc1nc(CN2CCN(C(=O)CCCc3nc(C(C)(C)C)no3)CC2)cs1. The minimum absolute atomic E-state index is 0.117. The molecule has 7 nitrogen and oxygen atoms in total. The van der Waals surface area contributed by atoms with Crippen LogP contribution in [0.15, 0.2) is 9.90 Å². The maximum absolute atomic E-state index is 12.5. The Balaban J connectivity index is 1.37. The van der Waals surface area contributed by atoms with E-state index in [0.717, 1.165) is 57.1 Å². The lowest BCUT2D eigenvalue weighted by molar-refractivity contribution is -0.133. The first-order chi connectivity index (χ1) is 13.3. The monoisotopic (exact) mass is 405 g/mol. The number of nitrogens with zero attached hydrogens (tertiary/aromatic N) is 5. The van der Waals surface area contributed by atoms with Gasteiger partial charge in [0.05, 0.1) is 10.7 Å². The smallest absolute Gasteiger partial charge is 0.226 e. The molecule has 0 saturated carbocycles. The van der Waals surface area contributed by atoms with Crippen LogP contribution >= 0.6 is 11.3 Å². The zero-order chi connectivity index (χ0) is 20.1. The van der Waals surface area contributed by atoms with Gasteiger partial charge in [-0.05, 0) is 12.8 Å². The minimum atomic E-state index is -0.117. The number of piperazine rings is 1. The topological polar surface area (TPSA) is 75.4 Å². The molecule has 1 aliphatic rings. The van der Waals surface area contributed by atoms with E-state index < -0.39 is 0 Å². The van der Waals surface area contributed by atoms with E-state index in [0.29, 0.717) is 18.7 Å². The van der Waals surface area contributed by atoms with Crippen LogP contribution in [-0.2, 0) is 29.6 Å². The van der Waals surface area contributed by atoms with Gasteiger partial charge in [0.2, 0.25) is 11.8 Å². The second-order valence-corrected chi connectivity index (χ2v) is 9.30. The Labute approximate surface area is 171 Å². The molecule has 3 rings (SSSR count). The second kappa shape index (κ2) is 9.13. The molecule has 0 atom stereocenters. The van der Waals surface area contributed by atoms with Gasteiger partial charge in [0.15, 0.2) is 5.82 Å². The van der Waals surface area contributed by atoms with Crippen LogP contribution in [0.25, 0.3) is 0 Å². The van der Waals surface area contributed by atoms with Crippen molar-refractivity contribution in [3.05, 3.63) is 27.8 Å². The van der Waals surface area contributed by atoms with Crippen LogP contribution in [-0.4, -0.2) is 57.0 Å². The summed E-state index contributed by atoms with van der Waals surface area (Å²) in [5.41, 5.74) is 1.03. The Bertz CT molecular complexity index is 772. The number of rotatable bonds is 7. The highest BCUT2D eigenvalue weighted by Crippen LogP contribution is 2.19. The summed E-state index contributed by atoms with van der Waals surface area (Å²) < 4.78 is 5.30. The summed E-state index contributed by atoms with van der Waals surface area (Å²) in [4.78, 5) is 25.9. The Morgan fingerprint density at radius 3 is 2.57 bits per heavy atom. The van der Waals surface area contributed by atoms with Crippen LogP contribution in [0.1, 0.15) is 63.0 Å². The van der Waals surface area contributed by atoms with Crippen LogP contribution in [0.4, 0.5) is 0 Å². The minimum Gasteiger partial charge on any atom is -0.340 e. The Hall–Kier alpha value is -1.80. The first kappa shape index (κ1) is 20.9. The van der Waals surface area contributed by atoms with E-state index in [2.05, 4.69) is 53.1 Å². The molecular weight excluding hydrogens is 374 g/mol. The van der Waals surface area contributed by atoms with Crippen LogP contribution < -0.4 is 0 Å². The van der Waals surface area contributed by atoms with E-state index >= 15 is 0 Å². The van der Waals surface area contributed by atoms with Gasteiger partial charge in [-0.3, -0.25) is 9.69 Å². The maximum Gasteiger partial charge on any atom is 0.226 e. The van der Waals surface area contributed by atoms with Crippen LogP contribution in [0.5, 0.6) is 0 Å². The molecule has 1 amide bonds. The average molecular weight is 406 g/mol. The van der Waals surface area contributed by atoms with E-state index in [4.69, 9.17) is 4.52 Å². The quantitative estimate of drug-likeness (QED) is 0.705. The Morgan fingerprint density at radius 2 is 1.96 bits per heavy atom. The van der Waals surface area contributed by atoms with Gasteiger partial charge in [-0.2, -0.15) is 4.98 Å². The van der Waals surface area contributed by atoms with E-state index in [1.165, 1.54) is 5.01 Å². The fourth-order valence-electron chi connectivity index (χ4n) is 3.18. The van der Waals surface area contributed by atoms with Gasteiger partial charge in [0, 0.05) is 56.4 Å². The Kier molecular flexibility index (Phi) is 6.82. The molecule has 0 spiro atoms. The first-order valence-electron chi connectivity index (χ1n) is 10.1. The molecule has 1 fully saturated rings. The van der Waals surface area contributed by atoms with Gasteiger partial charge in [0.25, 0.3) is 0 Å². The van der Waals surface area contributed by atoms with E-state index in [1.807, 2.05) is 4.90 Å². The number of hydrogen-bond donors (Lipinski definition) is 0. The lowest BCUT2D eigenvalue weighted by Gasteiger charge is -2.34. The maximum atomic E-state index is 12.5. The van der Waals surface area contributed by atoms with E-state index in [1.54, 1.807) is 11.3 Å². The highest BCUT2D eigenvalue weighted by atomic mass is 32.1. The summed E-state index contributed by atoms with van der Waals surface area (Å²) in [6, 6.07) is 0. The molecule has 0 radical (unpaired) electrons. The number of aryl methyl sites for hydroxylation is 2. The lowest BCUT2D eigenvalue weighted by atomic mass is 9.96. The van der Waals surface area contributed by atoms with Gasteiger partial charge in [-0.15, -0.1) is 11.3 Å². The third-order valence-electron chi connectivity index (χ3n) is 4.93. The Morgan fingerprint density at radius 1 is 1.21 bits per heavy atom. The summed E-state index contributed by atoms with van der Waals surface area (Å²) in [7, 11) is 0. The van der Waals surface area contributed by atoms with Crippen molar-refractivity contribution in [3.63, 3.8) is 0 Å². The van der Waals surface area contributed by atoms with Crippen molar-refractivity contribution in [3.8, 4) is 0 Å². The highest BCUT2D eigenvalue weighted by molar-refractivity contribution is 7.09. The molecule has 0 aliphatic carbocycles. The van der Waals surface area contributed by atoms with Gasteiger partial charge in [0.1, 0.15) is 0 Å². The molecule has 2 aromatic rings. The van der Waals surface area contributed by atoms with Crippen LogP contribution in [0.2, 0.25) is 0 Å². The number of amides is 1. The molecule has 3 heterocycles. The zero-order valence-corrected chi connectivity index (χ0v) is 18.2. The predicted molar refractivity (Wildman–Crippen MR) is 109 cm³/mol. The van der Waals surface area contributed by atoms with Crippen molar-refractivity contribution in [2.24, 2.45) is 0 Å². The normalized spacial score (nSPS) is 15.9. The van der Waals surface area contributed by atoms with Crippen LogP contribution in [0.3, 0.4) is 0 Å². The van der Waals surface area contributed by atoms with Crippen molar-refractivity contribution >= 4 is 17.2 Å². The van der Waals surface area contributed by atoms with Gasteiger partial charge >= 0.3 is 0 Å². The fraction of sp³-hybridized carbons (Fsp3) is 0.700.